The minimum Gasteiger partial charge on any atom is -0.325 e. The first-order valence-electron chi connectivity index (χ1n) is 9.97. The number of thiazole rings is 1. The summed E-state index contributed by atoms with van der Waals surface area (Å²) in [6.45, 7) is 7.03. The Morgan fingerprint density at radius 2 is 1.69 bits per heavy atom. The van der Waals surface area contributed by atoms with E-state index < -0.39 is 0 Å². The molecule has 0 atom stereocenters. The number of rotatable bonds is 6. The lowest BCUT2D eigenvalue weighted by Gasteiger charge is -2.33. The van der Waals surface area contributed by atoms with Crippen molar-refractivity contribution >= 4 is 22.9 Å². The summed E-state index contributed by atoms with van der Waals surface area (Å²) in [6.07, 6.45) is 0. The fraction of sp³-hybridized carbons (Fsp3) is 0.304. The number of benzene rings is 2. The van der Waals surface area contributed by atoms with Crippen LogP contribution in [0.2, 0.25) is 0 Å². The first-order chi connectivity index (χ1) is 14.2. The van der Waals surface area contributed by atoms with Gasteiger partial charge >= 0.3 is 0 Å². The van der Waals surface area contributed by atoms with Gasteiger partial charge in [-0.25, -0.2) is 4.98 Å². The largest absolute Gasteiger partial charge is 0.325 e. The molecule has 1 aliphatic heterocycles. The van der Waals surface area contributed by atoms with Crippen LogP contribution in [-0.2, 0) is 11.3 Å². The molecule has 5 nitrogen and oxygen atoms in total. The minimum absolute atomic E-state index is 0.0553. The quantitative estimate of drug-likeness (QED) is 0.675. The smallest absolute Gasteiger partial charge is 0.238 e. The average Bonchev–Trinajstić information content (AvgIpc) is 3.20. The van der Waals surface area contributed by atoms with Crippen LogP contribution < -0.4 is 5.32 Å². The lowest BCUT2D eigenvalue weighted by molar-refractivity contribution is -0.117. The summed E-state index contributed by atoms with van der Waals surface area (Å²) in [5.74, 6) is 0.0553. The molecule has 1 aromatic heterocycles. The molecular weight excluding hydrogens is 380 g/mol. The van der Waals surface area contributed by atoms with E-state index in [2.05, 4.69) is 32.6 Å². The van der Waals surface area contributed by atoms with Gasteiger partial charge in [-0.15, -0.1) is 11.3 Å². The Balaban J connectivity index is 1.24. The molecular formula is C23H26N4OS. The minimum atomic E-state index is 0.0553. The molecule has 0 aliphatic carbocycles. The standard InChI is InChI=1S/C23H26N4OS/c1-18-7-5-6-10-21(18)25-22(28)16-27-13-11-26(12-14-27)15-20-17-29-23(24-20)19-8-3-2-4-9-19/h2-10,17H,11-16H2,1H3,(H,25,28). The predicted octanol–water partition coefficient (Wildman–Crippen LogP) is 3.87. The number of anilines is 1. The third-order valence-electron chi connectivity index (χ3n) is 5.21. The van der Waals surface area contributed by atoms with E-state index in [0.29, 0.717) is 6.54 Å². The van der Waals surface area contributed by atoms with E-state index in [1.165, 1.54) is 5.56 Å². The van der Waals surface area contributed by atoms with Crippen LogP contribution in [0.4, 0.5) is 5.69 Å². The number of aryl methyl sites for hydroxylation is 1. The number of carbonyl (C=O) groups excluding carboxylic acids is 1. The van der Waals surface area contributed by atoms with Crippen LogP contribution in [0.5, 0.6) is 0 Å². The monoisotopic (exact) mass is 406 g/mol. The molecule has 0 saturated carbocycles. The molecule has 1 saturated heterocycles. The maximum Gasteiger partial charge on any atom is 0.238 e. The Morgan fingerprint density at radius 3 is 2.45 bits per heavy atom. The van der Waals surface area contributed by atoms with E-state index in [4.69, 9.17) is 4.98 Å². The molecule has 150 valence electrons. The van der Waals surface area contributed by atoms with E-state index in [0.717, 1.165) is 54.7 Å². The van der Waals surface area contributed by atoms with Gasteiger partial charge in [0.05, 0.1) is 12.2 Å². The Kier molecular flexibility index (Phi) is 6.34. The zero-order valence-corrected chi connectivity index (χ0v) is 17.5. The molecule has 1 N–H and O–H groups in total. The van der Waals surface area contributed by atoms with Gasteiger partial charge in [0.1, 0.15) is 5.01 Å². The van der Waals surface area contributed by atoms with Gasteiger partial charge in [0, 0.05) is 49.4 Å². The second kappa shape index (κ2) is 9.31. The number of nitrogens with zero attached hydrogens (tertiary/aromatic N) is 3. The number of carbonyl (C=O) groups is 1. The topological polar surface area (TPSA) is 48.5 Å². The van der Waals surface area contributed by atoms with E-state index >= 15 is 0 Å². The van der Waals surface area contributed by atoms with Crippen molar-refractivity contribution in [1.29, 1.82) is 0 Å². The molecule has 0 radical (unpaired) electrons. The summed E-state index contributed by atoms with van der Waals surface area (Å²) in [5.41, 5.74) is 4.28. The normalized spacial score (nSPS) is 15.3. The highest BCUT2D eigenvalue weighted by Gasteiger charge is 2.20. The highest BCUT2D eigenvalue weighted by Crippen LogP contribution is 2.24. The lowest BCUT2D eigenvalue weighted by Crippen LogP contribution is -2.48. The fourth-order valence-electron chi connectivity index (χ4n) is 3.53. The van der Waals surface area contributed by atoms with Gasteiger partial charge < -0.3 is 5.32 Å². The summed E-state index contributed by atoms with van der Waals surface area (Å²) in [4.78, 5) is 21.8. The average molecular weight is 407 g/mol. The van der Waals surface area contributed by atoms with Crippen LogP contribution >= 0.6 is 11.3 Å². The van der Waals surface area contributed by atoms with Gasteiger partial charge in [-0.2, -0.15) is 0 Å². The number of nitrogens with one attached hydrogen (secondary N) is 1. The zero-order chi connectivity index (χ0) is 20.1. The van der Waals surface area contributed by atoms with Crippen LogP contribution in [0, 0.1) is 6.92 Å². The lowest BCUT2D eigenvalue weighted by atomic mass is 10.2. The van der Waals surface area contributed by atoms with Crippen molar-refractivity contribution in [1.82, 2.24) is 14.8 Å². The first-order valence-corrected chi connectivity index (χ1v) is 10.9. The molecule has 0 bridgehead atoms. The molecule has 1 fully saturated rings. The van der Waals surface area contributed by atoms with Gasteiger partial charge in [-0.1, -0.05) is 48.5 Å². The number of para-hydroxylation sites is 1. The molecule has 29 heavy (non-hydrogen) atoms. The van der Waals surface area contributed by atoms with Gasteiger partial charge in [0.15, 0.2) is 0 Å². The number of aromatic nitrogens is 1. The SMILES string of the molecule is Cc1ccccc1NC(=O)CN1CCN(Cc2csc(-c3ccccc3)n2)CC1. The highest BCUT2D eigenvalue weighted by atomic mass is 32.1. The second-order valence-electron chi connectivity index (χ2n) is 7.43. The van der Waals surface area contributed by atoms with E-state index in [1.54, 1.807) is 11.3 Å². The van der Waals surface area contributed by atoms with Gasteiger partial charge in [0.25, 0.3) is 0 Å². The number of piperazine rings is 1. The Labute approximate surface area is 176 Å². The molecule has 2 aromatic carbocycles. The first kappa shape index (κ1) is 19.8. The van der Waals surface area contributed by atoms with E-state index in [-0.39, 0.29) is 5.91 Å². The molecule has 0 unspecified atom stereocenters. The van der Waals surface area contributed by atoms with E-state index in [1.807, 2.05) is 49.4 Å². The molecule has 0 spiro atoms. The van der Waals surface area contributed by atoms with Crippen LogP contribution in [-0.4, -0.2) is 53.4 Å². The van der Waals surface area contributed by atoms with Gasteiger partial charge in [0.2, 0.25) is 5.91 Å². The second-order valence-corrected chi connectivity index (χ2v) is 8.28. The van der Waals surface area contributed by atoms with Crippen molar-refractivity contribution in [3.05, 3.63) is 71.2 Å². The Hall–Kier alpha value is -2.54. The summed E-state index contributed by atoms with van der Waals surface area (Å²) in [7, 11) is 0. The number of hydrogen-bond acceptors (Lipinski definition) is 5. The predicted molar refractivity (Wildman–Crippen MR) is 119 cm³/mol. The van der Waals surface area contributed by atoms with Crippen molar-refractivity contribution in [3.8, 4) is 10.6 Å². The maximum absolute atomic E-state index is 12.4. The van der Waals surface area contributed by atoms with E-state index in [9.17, 15) is 4.79 Å². The fourth-order valence-corrected chi connectivity index (χ4v) is 4.35. The maximum atomic E-state index is 12.4. The van der Waals surface area contributed by atoms with Crippen LogP contribution in [0.25, 0.3) is 10.6 Å². The van der Waals surface area contributed by atoms with Crippen LogP contribution in [0.1, 0.15) is 11.3 Å². The van der Waals surface area contributed by atoms with Gasteiger partial charge in [-0.3, -0.25) is 14.6 Å². The summed E-state index contributed by atoms with van der Waals surface area (Å²) in [6, 6.07) is 18.2. The number of amides is 1. The third-order valence-corrected chi connectivity index (χ3v) is 6.15. The van der Waals surface area contributed by atoms with Crippen molar-refractivity contribution in [2.75, 3.05) is 38.0 Å². The molecule has 1 aliphatic rings. The summed E-state index contributed by atoms with van der Waals surface area (Å²) >= 11 is 1.70. The zero-order valence-electron chi connectivity index (χ0n) is 16.7. The van der Waals surface area contributed by atoms with Crippen LogP contribution in [0.3, 0.4) is 0 Å². The summed E-state index contributed by atoms with van der Waals surface area (Å²) < 4.78 is 0. The molecule has 6 heteroatoms. The van der Waals surface area contributed by atoms with Crippen molar-refractivity contribution in [3.63, 3.8) is 0 Å². The Bertz CT molecular complexity index is 948. The third kappa shape index (κ3) is 5.29. The van der Waals surface area contributed by atoms with Crippen molar-refractivity contribution in [2.24, 2.45) is 0 Å². The number of hydrogen-bond donors (Lipinski definition) is 1. The van der Waals surface area contributed by atoms with Crippen molar-refractivity contribution < 1.29 is 4.79 Å². The Morgan fingerprint density at radius 1 is 1.00 bits per heavy atom. The van der Waals surface area contributed by atoms with Crippen molar-refractivity contribution in [2.45, 2.75) is 13.5 Å². The molecule has 2 heterocycles. The molecule has 3 aromatic rings. The van der Waals surface area contributed by atoms with Gasteiger partial charge in [-0.05, 0) is 18.6 Å². The van der Waals surface area contributed by atoms with Crippen LogP contribution in [0.15, 0.2) is 60.0 Å². The highest BCUT2D eigenvalue weighted by molar-refractivity contribution is 7.13. The molecule has 1 amide bonds. The molecule has 4 rings (SSSR count). The summed E-state index contributed by atoms with van der Waals surface area (Å²) in [5, 5.41) is 6.26.